The Kier molecular flexibility index (Phi) is 3.90. The van der Waals surface area contributed by atoms with Crippen LogP contribution in [0.5, 0.6) is 0 Å². The van der Waals surface area contributed by atoms with Gasteiger partial charge in [0.05, 0.1) is 12.7 Å². The molecule has 0 atom stereocenters. The van der Waals surface area contributed by atoms with E-state index in [-0.39, 0.29) is 0 Å². The maximum absolute atomic E-state index is 4.07. The van der Waals surface area contributed by atoms with Crippen molar-refractivity contribution in [3.05, 3.63) is 36.4 Å². The van der Waals surface area contributed by atoms with Crippen LogP contribution in [0.1, 0.15) is 17.8 Å². The first-order chi connectivity index (χ1) is 9.40. The highest BCUT2D eigenvalue weighted by Gasteiger charge is 2.15. The number of nitrogens with zero attached hydrogens (tertiary/aromatic N) is 4. The first-order valence-corrected chi connectivity index (χ1v) is 6.79. The monoisotopic (exact) mass is 260 g/mol. The maximum atomic E-state index is 4.07. The maximum Gasteiger partial charge on any atom is 0.0922 e. The minimum Gasteiger partial charge on any atom is -0.347 e. The molecule has 0 spiro atoms. The van der Waals surface area contributed by atoms with Crippen LogP contribution < -0.4 is 0 Å². The minimum atomic E-state index is 0.970. The van der Waals surface area contributed by atoms with Gasteiger partial charge in [-0.2, -0.15) is 0 Å². The zero-order valence-electron chi connectivity index (χ0n) is 11.0. The molecule has 3 rings (SSSR count). The lowest BCUT2D eigenvalue weighted by atomic mass is 10.3. The van der Waals surface area contributed by atoms with E-state index in [2.05, 4.69) is 29.7 Å². The summed E-state index contributed by atoms with van der Waals surface area (Å²) in [5, 5.41) is 0. The van der Waals surface area contributed by atoms with Crippen LogP contribution in [0.25, 0.3) is 0 Å². The molecule has 0 aromatic carbocycles. The molecule has 6 nitrogen and oxygen atoms in total. The van der Waals surface area contributed by atoms with Gasteiger partial charge >= 0.3 is 0 Å². The summed E-state index contributed by atoms with van der Waals surface area (Å²) in [4.78, 5) is 19.5. The van der Waals surface area contributed by atoms with Gasteiger partial charge in [0.15, 0.2) is 0 Å². The molecule has 2 aromatic heterocycles. The summed E-state index contributed by atoms with van der Waals surface area (Å²) in [5.74, 6) is 0. The van der Waals surface area contributed by atoms with Crippen molar-refractivity contribution in [1.29, 1.82) is 0 Å². The Morgan fingerprint density at radius 2 is 1.37 bits per heavy atom. The van der Waals surface area contributed by atoms with E-state index in [9.17, 15) is 0 Å². The number of aromatic amines is 2. The van der Waals surface area contributed by atoms with Crippen LogP contribution >= 0.6 is 0 Å². The highest BCUT2D eigenvalue weighted by molar-refractivity contribution is 4.96. The molecule has 0 aliphatic carbocycles. The van der Waals surface area contributed by atoms with Crippen LogP contribution in [0.4, 0.5) is 0 Å². The van der Waals surface area contributed by atoms with E-state index in [1.165, 1.54) is 17.8 Å². The lowest BCUT2D eigenvalue weighted by Gasteiger charge is -2.20. The third-order valence-corrected chi connectivity index (χ3v) is 3.58. The first-order valence-electron chi connectivity index (χ1n) is 6.79. The summed E-state index contributed by atoms with van der Waals surface area (Å²) < 4.78 is 0. The Morgan fingerprint density at radius 1 is 0.842 bits per heavy atom. The standard InChI is InChI=1S/C13H20N6/c1-2-18(8-12-6-14-10-16-12)4-5-19(3-1)9-13-7-15-11-17-13/h6-7,10-11H,1-5,8-9H2,(H,14,16)(H,15,17). The van der Waals surface area contributed by atoms with Gasteiger partial charge in [0.1, 0.15) is 0 Å². The summed E-state index contributed by atoms with van der Waals surface area (Å²) >= 11 is 0. The van der Waals surface area contributed by atoms with E-state index < -0.39 is 0 Å². The molecule has 1 fully saturated rings. The zero-order chi connectivity index (χ0) is 12.9. The topological polar surface area (TPSA) is 63.8 Å². The van der Waals surface area contributed by atoms with E-state index >= 15 is 0 Å². The lowest BCUT2D eigenvalue weighted by molar-refractivity contribution is 0.244. The molecule has 6 heteroatoms. The van der Waals surface area contributed by atoms with Gasteiger partial charge < -0.3 is 9.97 Å². The summed E-state index contributed by atoms with van der Waals surface area (Å²) in [5.41, 5.74) is 2.39. The van der Waals surface area contributed by atoms with Crippen molar-refractivity contribution in [2.24, 2.45) is 0 Å². The third kappa shape index (κ3) is 3.42. The summed E-state index contributed by atoms with van der Waals surface area (Å²) in [6.45, 7) is 6.45. The van der Waals surface area contributed by atoms with Gasteiger partial charge in [-0.15, -0.1) is 0 Å². The van der Waals surface area contributed by atoms with Gasteiger partial charge in [-0.25, -0.2) is 9.97 Å². The van der Waals surface area contributed by atoms with Crippen LogP contribution in [0, 0.1) is 0 Å². The van der Waals surface area contributed by atoms with Crippen molar-refractivity contribution < 1.29 is 0 Å². The molecule has 0 saturated carbocycles. The molecule has 2 aromatic rings. The van der Waals surface area contributed by atoms with Gasteiger partial charge in [-0.05, 0) is 19.5 Å². The van der Waals surface area contributed by atoms with Crippen molar-refractivity contribution >= 4 is 0 Å². The highest BCUT2D eigenvalue weighted by Crippen LogP contribution is 2.09. The van der Waals surface area contributed by atoms with Gasteiger partial charge in [-0.1, -0.05) is 0 Å². The Hall–Kier alpha value is -1.66. The molecule has 0 unspecified atom stereocenters. The number of aromatic nitrogens is 4. The minimum absolute atomic E-state index is 0.970. The molecule has 0 radical (unpaired) electrons. The molecule has 102 valence electrons. The second kappa shape index (κ2) is 5.99. The van der Waals surface area contributed by atoms with E-state index in [1.807, 2.05) is 12.4 Å². The average molecular weight is 260 g/mol. The van der Waals surface area contributed by atoms with Gasteiger partial charge in [-0.3, -0.25) is 9.80 Å². The Balaban J connectivity index is 1.51. The summed E-state index contributed by atoms with van der Waals surface area (Å²) in [6, 6.07) is 0. The Bertz CT molecular complexity index is 419. The number of imidazole rings is 2. The normalized spacial score (nSPS) is 18.5. The molecule has 1 saturated heterocycles. The van der Waals surface area contributed by atoms with E-state index in [0.717, 1.165) is 39.3 Å². The molecule has 19 heavy (non-hydrogen) atoms. The van der Waals surface area contributed by atoms with Crippen LogP contribution in [0.15, 0.2) is 25.0 Å². The summed E-state index contributed by atoms with van der Waals surface area (Å²) in [6.07, 6.45) is 8.53. The number of hydrogen-bond donors (Lipinski definition) is 2. The second-order valence-electron chi connectivity index (χ2n) is 5.06. The van der Waals surface area contributed by atoms with Crippen LogP contribution in [-0.4, -0.2) is 55.9 Å². The lowest BCUT2D eigenvalue weighted by Crippen LogP contribution is -2.30. The fourth-order valence-electron chi connectivity index (χ4n) is 2.56. The number of rotatable bonds is 4. The third-order valence-electron chi connectivity index (χ3n) is 3.58. The van der Waals surface area contributed by atoms with Gasteiger partial charge in [0.2, 0.25) is 0 Å². The predicted molar refractivity (Wildman–Crippen MR) is 72.3 cm³/mol. The number of H-pyrrole nitrogens is 2. The zero-order valence-corrected chi connectivity index (χ0v) is 11.0. The quantitative estimate of drug-likeness (QED) is 0.855. The largest absolute Gasteiger partial charge is 0.347 e. The van der Waals surface area contributed by atoms with Crippen molar-refractivity contribution in [3.8, 4) is 0 Å². The fourth-order valence-corrected chi connectivity index (χ4v) is 2.56. The summed E-state index contributed by atoms with van der Waals surface area (Å²) in [7, 11) is 0. The molecule has 1 aliphatic rings. The highest BCUT2D eigenvalue weighted by atomic mass is 15.2. The van der Waals surface area contributed by atoms with Crippen molar-refractivity contribution in [2.45, 2.75) is 19.5 Å². The fraction of sp³-hybridized carbons (Fsp3) is 0.538. The Labute approximate surface area is 112 Å². The number of nitrogens with one attached hydrogen (secondary N) is 2. The van der Waals surface area contributed by atoms with Gasteiger partial charge in [0, 0.05) is 50.0 Å². The SMILES string of the molecule is c1ncc(CN2CCCN(Cc3cnc[nH]3)CC2)[nH]1. The van der Waals surface area contributed by atoms with Crippen molar-refractivity contribution in [3.63, 3.8) is 0 Å². The van der Waals surface area contributed by atoms with E-state index in [1.54, 1.807) is 12.7 Å². The predicted octanol–water partition coefficient (Wildman–Crippen LogP) is 0.841. The average Bonchev–Trinajstić information content (AvgIpc) is 3.04. The molecule has 0 bridgehead atoms. The molecule has 1 aliphatic heterocycles. The number of hydrogen-bond acceptors (Lipinski definition) is 4. The van der Waals surface area contributed by atoms with Crippen molar-refractivity contribution in [1.82, 2.24) is 29.7 Å². The Morgan fingerprint density at radius 3 is 1.79 bits per heavy atom. The molecular weight excluding hydrogens is 240 g/mol. The van der Waals surface area contributed by atoms with Crippen LogP contribution in [0.2, 0.25) is 0 Å². The van der Waals surface area contributed by atoms with Crippen LogP contribution in [-0.2, 0) is 13.1 Å². The molecule has 3 heterocycles. The van der Waals surface area contributed by atoms with Crippen molar-refractivity contribution in [2.75, 3.05) is 26.2 Å². The molecule has 0 amide bonds. The molecule has 2 N–H and O–H groups in total. The smallest absolute Gasteiger partial charge is 0.0922 e. The van der Waals surface area contributed by atoms with Gasteiger partial charge in [0.25, 0.3) is 0 Å². The van der Waals surface area contributed by atoms with Crippen LogP contribution in [0.3, 0.4) is 0 Å². The van der Waals surface area contributed by atoms with E-state index in [0.29, 0.717) is 0 Å². The first kappa shape index (κ1) is 12.4. The molecular formula is C13H20N6. The van der Waals surface area contributed by atoms with E-state index in [4.69, 9.17) is 0 Å². The second-order valence-corrected chi connectivity index (χ2v) is 5.06.